The number of hydrogen-bond donors (Lipinski definition) is 4. The number of aromatic nitrogens is 2. The second-order valence-electron chi connectivity index (χ2n) is 8.83. The molecule has 0 saturated heterocycles. The lowest BCUT2D eigenvalue weighted by Crippen LogP contribution is -2.62. The third-order valence-corrected chi connectivity index (χ3v) is 7.14. The predicted molar refractivity (Wildman–Crippen MR) is 101 cm³/mol. The molecule has 28 heavy (non-hydrogen) atoms. The SMILES string of the molecule is NC(=O)c1cnn(-c2cc(C3C4CC5CC(O)(C4)CC3C5N)c(N)cc2F)c1. The molecule has 6 atom stereocenters. The first-order valence-corrected chi connectivity index (χ1v) is 9.67. The quantitative estimate of drug-likeness (QED) is 0.591. The van der Waals surface area contributed by atoms with E-state index in [1.54, 1.807) is 6.07 Å². The van der Waals surface area contributed by atoms with Gasteiger partial charge in [-0.2, -0.15) is 5.10 Å². The highest BCUT2D eigenvalue weighted by Gasteiger charge is 2.58. The first-order chi connectivity index (χ1) is 13.3. The van der Waals surface area contributed by atoms with Crippen LogP contribution in [0.15, 0.2) is 24.5 Å². The van der Waals surface area contributed by atoms with Gasteiger partial charge in [0.25, 0.3) is 5.91 Å². The molecule has 1 amide bonds. The molecule has 7 nitrogen and oxygen atoms in total. The summed E-state index contributed by atoms with van der Waals surface area (Å²) in [6, 6.07) is 3.04. The predicted octanol–water partition coefficient (Wildman–Crippen LogP) is 1.28. The van der Waals surface area contributed by atoms with Crippen LogP contribution in [-0.2, 0) is 0 Å². The Hall–Kier alpha value is -2.45. The summed E-state index contributed by atoms with van der Waals surface area (Å²) in [7, 11) is 0. The molecule has 0 aliphatic heterocycles. The van der Waals surface area contributed by atoms with Crippen molar-refractivity contribution in [3.05, 3.63) is 41.5 Å². The molecule has 1 aromatic carbocycles. The molecule has 6 unspecified atom stereocenters. The van der Waals surface area contributed by atoms with Gasteiger partial charge in [0, 0.05) is 17.9 Å². The van der Waals surface area contributed by atoms with Crippen molar-refractivity contribution in [1.29, 1.82) is 0 Å². The molecule has 4 aliphatic carbocycles. The molecule has 1 heterocycles. The van der Waals surface area contributed by atoms with Crippen molar-refractivity contribution >= 4 is 11.6 Å². The second kappa shape index (κ2) is 5.78. The Bertz CT molecular complexity index is 976. The topological polar surface area (TPSA) is 133 Å². The Morgan fingerprint density at radius 1 is 1.29 bits per heavy atom. The fraction of sp³-hybridized carbons (Fsp3) is 0.500. The van der Waals surface area contributed by atoms with Gasteiger partial charge < -0.3 is 22.3 Å². The third-order valence-electron chi connectivity index (χ3n) is 7.14. The fourth-order valence-electron chi connectivity index (χ4n) is 6.11. The maximum atomic E-state index is 14.7. The number of primary amides is 1. The number of nitrogen functional groups attached to an aromatic ring is 1. The molecule has 148 valence electrons. The number of halogens is 1. The van der Waals surface area contributed by atoms with E-state index in [0.29, 0.717) is 18.0 Å². The van der Waals surface area contributed by atoms with Crippen molar-refractivity contribution in [2.24, 2.45) is 29.2 Å². The van der Waals surface area contributed by atoms with Crippen LogP contribution in [0.2, 0.25) is 0 Å². The minimum Gasteiger partial charge on any atom is -0.398 e. The van der Waals surface area contributed by atoms with Gasteiger partial charge in [0.05, 0.1) is 17.4 Å². The van der Waals surface area contributed by atoms with E-state index in [9.17, 15) is 14.3 Å². The van der Waals surface area contributed by atoms with Gasteiger partial charge in [0.1, 0.15) is 5.69 Å². The summed E-state index contributed by atoms with van der Waals surface area (Å²) in [5, 5.41) is 15.0. The van der Waals surface area contributed by atoms with Crippen molar-refractivity contribution in [2.75, 3.05) is 5.73 Å². The maximum Gasteiger partial charge on any atom is 0.251 e. The molecular formula is C20H24FN5O2. The molecule has 0 spiro atoms. The van der Waals surface area contributed by atoms with E-state index in [0.717, 1.165) is 24.8 Å². The van der Waals surface area contributed by atoms with Crippen LogP contribution in [0.1, 0.15) is 47.5 Å². The van der Waals surface area contributed by atoms with Gasteiger partial charge in [0.2, 0.25) is 0 Å². The molecular weight excluding hydrogens is 361 g/mol. The van der Waals surface area contributed by atoms with Crippen molar-refractivity contribution in [3.8, 4) is 5.69 Å². The average molecular weight is 385 g/mol. The Kier molecular flexibility index (Phi) is 3.64. The molecule has 4 aliphatic rings. The van der Waals surface area contributed by atoms with Crippen LogP contribution in [-0.4, -0.2) is 32.4 Å². The van der Waals surface area contributed by atoms with Gasteiger partial charge in [-0.1, -0.05) is 0 Å². The molecule has 0 radical (unpaired) electrons. The summed E-state index contributed by atoms with van der Waals surface area (Å²) in [5.74, 6) is -0.325. The van der Waals surface area contributed by atoms with Crippen LogP contribution in [0.3, 0.4) is 0 Å². The van der Waals surface area contributed by atoms with E-state index in [-0.39, 0.29) is 35.0 Å². The van der Waals surface area contributed by atoms with E-state index in [4.69, 9.17) is 17.2 Å². The molecule has 7 N–H and O–H groups in total. The zero-order chi connectivity index (χ0) is 19.8. The Morgan fingerprint density at radius 3 is 2.75 bits per heavy atom. The molecule has 6 rings (SSSR count). The maximum absolute atomic E-state index is 14.7. The van der Waals surface area contributed by atoms with Gasteiger partial charge in [-0.25, -0.2) is 9.07 Å². The first-order valence-electron chi connectivity index (χ1n) is 9.67. The van der Waals surface area contributed by atoms with Gasteiger partial charge >= 0.3 is 0 Å². The standard InChI is InChI=1S/C20H24FN5O2/c21-14-3-15(22)12(2-16(14)26-8-11(7-25-26)19(24)27)17-9-1-10-5-20(28,4-9)6-13(17)18(10)23/h2-3,7-10,13,17-18,28H,1,4-6,22-23H2,(H2,24,27). The zero-order valence-electron chi connectivity index (χ0n) is 15.4. The highest BCUT2D eigenvalue weighted by Crippen LogP contribution is 2.61. The summed E-state index contributed by atoms with van der Waals surface area (Å²) >= 11 is 0. The number of hydrogen-bond acceptors (Lipinski definition) is 5. The number of aliphatic hydroxyl groups is 1. The van der Waals surface area contributed by atoms with E-state index >= 15 is 0 Å². The summed E-state index contributed by atoms with van der Waals surface area (Å²) in [5.41, 5.74) is 19.1. The highest BCUT2D eigenvalue weighted by molar-refractivity contribution is 5.92. The van der Waals surface area contributed by atoms with Gasteiger partial charge in [0.15, 0.2) is 5.82 Å². The van der Waals surface area contributed by atoms with Crippen LogP contribution < -0.4 is 17.2 Å². The number of nitrogens with zero attached hydrogens (tertiary/aromatic N) is 2. The zero-order valence-corrected chi connectivity index (χ0v) is 15.4. The van der Waals surface area contributed by atoms with Crippen molar-refractivity contribution in [3.63, 3.8) is 0 Å². The molecule has 1 aromatic heterocycles. The summed E-state index contributed by atoms with van der Waals surface area (Å²) in [6.45, 7) is 0. The lowest BCUT2D eigenvalue weighted by atomic mass is 9.47. The van der Waals surface area contributed by atoms with Gasteiger partial charge in [-0.3, -0.25) is 4.79 Å². The number of benzene rings is 1. The summed E-state index contributed by atoms with van der Waals surface area (Å²) < 4.78 is 16.0. The van der Waals surface area contributed by atoms with Gasteiger partial charge in [-0.15, -0.1) is 0 Å². The smallest absolute Gasteiger partial charge is 0.251 e. The van der Waals surface area contributed by atoms with Crippen LogP contribution in [0, 0.1) is 23.6 Å². The number of anilines is 1. The minimum absolute atomic E-state index is 0.0147. The summed E-state index contributed by atoms with van der Waals surface area (Å²) in [4.78, 5) is 11.4. The van der Waals surface area contributed by atoms with Crippen molar-refractivity contribution < 1.29 is 14.3 Å². The van der Waals surface area contributed by atoms with Gasteiger partial charge in [-0.05, 0) is 67.1 Å². The number of rotatable bonds is 3. The molecule has 4 bridgehead atoms. The van der Waals surface area contributed by atoms with E-state index in [2.05, 4.69) is 5.10 Å². The Morgan fingerprint density at radius 2 is 2.04 bits per heavy atom. The van der Waals surface area contributed by atoms with Crippen LogP contribution in [0.4, 0.5) is 10.1 Å². The Balaban J connectivity index is 1.58. The normalized spacial score (nSPS) is 36.0. The lowest BCUT2D eigenvalue weighted by molar-refractivity contribution is -0.143. The molecule has 2 aromatic rings. The minimum atomic E-state index is -0.624. The van der Waals surface area contributed by atoms with Crippen LogP contribution in [0.25, 0.3) is 5.69 Å². The van der Waals surface area contributed by atoms with Crippen molar-refractivity contribution in [2.45, 2.75) is 43.2 Å². The monoisotopic (exact) mass is 385 g/mol. The highest BCUT2D eigenvalue weighted by atomic mass is 19.1. The largest absolute Gasteiger partial charge is 0.398 e. The lowest BCUT2D eigenvalue weighted by Gasteiger charge is -2.61. The number of carbonyl (C=O) groups excluding carboxylic acids is 1. The van der Waals surface area contributed by atoms with E-state index in [1.165, 1.54) is 23.1 Å². The summed E-state index contributed by atoms with van der Waals surface area (Å²) in [6.07, 6.45) is 5.85. The number of amides is 1. The number of nitrogens with two attached hydrogens (primary N) is 3. The number of carbonyl (C=O) groups is 1. The fourth-order valence-corrected chi connectivity index (χ4v) is 6.11. The van der Waals surface area contributed by atoms with Crippen LogP contribution >= 0.6 is 0 Å². The van der Waals surface area contributed by atoms with Crippen molar-refractivity contribution in [1.82, 2.24) is 9.78 Å². The molecule has 4 fully saturated rings. The third kappa shape index (κ3) is 2.48. The van der Waals surface area contributed by atoms with Crippen LogP contribution in [0.5, 0.6) is 0 Å². The average Bonchev–Trinajstić information content (AvgIpc) is 3.10. The second-order valence-corrected chi connectivity index (χ2v) is 8.83. The van der Waals surface area contributed by atoms with E-state index in [1.807, 2.05) is 0 Å². The first kappa shape index (κ1) is 17.6. The van der Waals surface area contributed by atoms with E-state index < -0.39 is 17.3 Å². The molecule has 8 heteroatoms. The Labute approximate surface area is 161 Å². The molecule has 4 saturated carbocycles.